The zero-order chi connectivity index (χ0) is 17.2. The maximum atomic E-state index is 11.6. The van der Waals surface area contributed by atoms with Crippen molar-refractivity contribution in [3.8, 4) is 6.07 Å². The molecule has 0 amide bonds. The van der Waals surface area contributed by atoms with Crippen molar-refractivity contribution < 1.29 is 14.3 Å². The Balaban J connectivity index is 1.92. The zero-order valence-electron chi connectivity index (χ0n) is 13.6. The lowest BCUT2D eigenvalue weighted by Crippen LogP contribution is -2.04. The van der Waals surface area contributed by atoms with E-state index < -0.39 is 0 Å². The number of hydrogen-bond acceptors (Lipinski definition) is 4. The summed E-state index contributed by atoms with van der Waals surface area (Å²) in [6, 6.07) is 18.8. The molecule has 2 rings (SSSR count). The monoisotopic (exact) mass is 321 g/mol. The van der Waals surface area contributed by atoms with Gasteiger partial charge in [0.1, 0.15) is 0 Å². The van der Waals surface area contributed by atoms with E-state index in [1.54, 1.807) is 19.1 Å². The van der Waals surface area contributed by atoms with Gasteiger partial charge in [0.25, 0.3) is 0 Å². The lowest BCUT2D eigenvalue weighted by molar-refractivity contribution is 0.0526. The van der Waals surface area contributed by atoms with Crippen LogP contribution in [0.2, 0.25) is 0 Å². The first-order chi connectivity index (χ1) is 11.7. The van der Waals surface area contributed by atoms with Gasteiger partial charge in [0.05, 0.1) is 31.5 Å². The maximum absolute atomic E-state index is 11.6. The Hall–Kier alpha value is -2.90. The van der Waals surface area contributed by atoms with Crippen LogP contribution in [0.15, 0.2) is 60.7 Å². The predicted molar refractivity (Wildman–Crippen MR) is 92.1 cm³/mol. The molecule has 2 aromatic carbocycles. The summed E-state index contributed by atoms with van der Waals surface area (Å²) in [4.78, 5) is 11.6. The van der Waals surface area contributed by atoms with Crippen molar-refractivity contribution in [3.05, 3.63) is 77.4 Å². The van der Waals surface area contributed by atoms with Crippen LogP contribution in [-0.2, 0) is 16.1 Å². The number of carbonyl (C=O) groups excluding carboxylic acids is 1. The predicted octanol–water partition coefficient (Wildman–Crippen LogP) is 3.99. The highest BCUT2D eigenvalue weighted by Crippen LogP contribution is 2.15. The standard InChI is InChI=1S/C20H19NO3/c1-2-24-20(22)18-10-8-16(9-11-18)14-23-15-19(12-13-21)17-6-4-3-5-7-17/h3-12H,2,14-15H2,1H3/b19-12+. The molecule has 2 aromatic rings. The molecule has 4 nitrogen and oxygen atoms in total. The van der Waals surface area contributed by atoms with Crippen LogP contribution in [-0.4, -0.2) is 19.2 Å². The van der Waals surface area contributed by atoms with Gasteiger partial charge in [-0.15, -0.1) is 0 Å². The van der Waals surface area contributed by atoms with Crippen LogP contribution in [0.4, 0.5) is 0 Å². The summed E-state index contributed by atoms with van der Waals surface area (Å²) >= 11 is 0. The molecule has 0 aliphatic carbocycles. The molecule has 0 aromatic heterocycles. The van der Waals surface area contributed by atoms with E-state index in [1.807, 2.05) is 42.5 Å². The first-order valence-corrected chi connectivity index (χ1v) is 7.72. The van der Waals surface area contributed by atoms with Gasteiger partial charge in [-0.1, -0.05) is 42.5 Å². The number of carbonyl (C=O) groups is 1. The van der Waals surface area contributed by atoms with Gasteiger partial charge in [-0.3, -0.25) is 0 Å². The third-order valence-corrected chi connectivity index (χ3v) is 3.37. The van der Waals surface area contributed by atoms with E-state index in [2.05, 4.69) is 6.07 Å². The quantitative estimate of drug-likeness (QED) is 0.571. The molecule has 0 fully saturated rings. The summed E-state index contributed by atoms with van der Waals surface area (Å²) < 4.78 is 10.6. The van der Waals surface area contributed by atoms with Crippen molar-refractivity contribution in [2.45, 2.75) is 13.5 Å². The Labute approximate surface area is 141 Å². The fourth-order valence-electron chi connectivity index (χ4n) is 2.17. The second-order valence-electron chi connectivity index (χ2n) is 5.07. The second-order valence-corrected chi connectivity index (χ2v) is 5.07. The summed E-state index contributed by atoms with van der Waals surface area (Å²) in [7, 11) is 0. The molecule has 122 valence electrons. The van der Waals surface area contributed by atoms with E-state index in [-0.39, 0.29) is 5.97 Å². The summed E-state index contributed by atoms with van der Waals surface area (Å²) in [5.74, 6) is -0.326. The Morgan fingerprint density at radius 3 is 2.42 bits per heavy atom. The van der Waals surface area contributed by atoms with Gasteiger partial charge in [0.15, 0.2) is 0 Å². The molecule has 24 heavy (non-hydrogen) atoms. The van der Waals surface area contributed by atoms with E-state index in [0.717, 1.165) is 16.7 Å². The van der Waals surface area contributed by atoms with Crippen LogP contribution in [0.3, 0.4) is 0 Å². The molecule has 0 aliphatic heterocycles. The van der Waals surface area contributed by atoms with Crippen LogP contribution >= 0.6 is 0 Å². The molecule has 0 radical (unpaired) electrons. The molecule has 0 atom stereocenters. The molecular formula is C20H19NO3. The highest BCUT2D eigenvalue weighted by Gasteiger charge is 2.06. The number of ether oxygens (including phenoxy) is 2. The first kappa shape index (κ1) is 17.5. The Kier molecular flexibility index (Phi) is 6.75. The largest absolute Gasteiger partial charge is 0.462 e. The molecule has 0 aliphatic rings. The average molecular weight is 321 g/mol. The maximum Gasteiger partial charge on any atom is 0.338 e. The Morgan fingerprint density at radius 1 is 1.08 bits per heavy atom. The van der Waals surface area contributed by atoms with Gasteiger partial charge in [-0.05, 0) is 35.8 Å². The van der Waals surface area contributed by atoms with E-state index in [4.69, 9.17) is 14.7 Å². The van der Waals surface area contributed by atoms with E-state index in [9.17, 15) is 4.79 Å². The third kappa shape index (κ3) is 5.08. The highest BCUT2D eigenvalue weighted by atomic mass is 16.5. The number of rotatable bonds is 7. The van der Waals surface area contributed by atoms with Crippen LogP contribution in [0.25, 0.3) is 5.57 Å². The van der Waals surface area contributed by atoms with Crippen LogP contribution in [0.5, 0.6) is 0 Å². The summed E-state index contributed by atoms with van der Waals surface area (Å²) in [6.45, 7) is 2.88. The molecule has 0 heterocycles. The molecule has 4 heteroatoms. The first-order valence-electron chi connectivity index (χ1n) is 7.72. The molecule has 0 saturated heterocycles. The molecule has 0 saturated carbocycles. The van der Waals surface area contributed by atoms with E-state index in [1.165, 1.54) is 6.08 Å². The van der Waals surface area contributed by atoms with Gasteiger partial charge in [0.2, 0.25) is 0 Å². The van der Waals surface area contributed by atoms with E-state index in [0.29, 0.717) is 25.4 Å². The van der Waals surface area contributed by atoms with Crippen molar-refractivity contribution in [1.29, 1.82) is 5.26 Å². The van der Waals surface area contributed by atoms with Crippen LogP contribution < -0.4 is 0 Å². The summed E-state index contributed by atoms with van der Waals surface area (Å²) in [5.41, 5.74) is 3.28. The van der Waals surface area contributed by atoms with E-state index >= 15 is 0 Å². The average Bonchev–Trinajstić information content (AvgIpc) is 2.62. The Bertz CT molecular complexity index is 728. The number of hydrogen-bond donors (Lipinski definition) is 0. The normalized spacial score (nSPS) is 10.9. The molecular weight excluding hydrogens is 302 g/mol. The van der Waals surface area contributed by atoms with Crippen molar-refractivity contribution in [3.63, 3.8) is 0 Å². The van der Waals surface area contributed by atoms with Gasteiger partial charge >= 0.3 is 5.97 Å². The Morgan fingerprint density at radius 2 is 1.79 bits per heavy atom. The topological polar surface area (TPSA) is 59.3 Å². The minimum absolute atomic E-state index is 0.326. The van der Waals surface area contributed by atoms with Crippen molar-refractivity contribution in [2.24, 2.45) is 0 Å². The summed E-state index contributed by atoms with van der Waals surface area (Å²) in [5, 5.41) is 8.91. The minimum atomic E-state index is -0.326. The van der Waals surface area contributed by atoms with Crippen LogP contribution in [0, 0.1) is 11.3 Å². The van der Waals surface area contributed by atoms with Gasteiger partial charge < -0.3 is 9.47 Å². The van der Waals surface area contributed by atoms with Crippen molar-refractivity contribution in [1.82, 2.24) is 0 Å². The number of esters is 1. The summed E-state index contributed by atoms with van der Waals surface area (Å²) in [6.07, 6.45) is 1.50. The van der Waals surface area contributed by atoms with Gasteiger partial charge in [0, 0.05) is 6.08 Å². The SMILES string of the molecule is CCOC(=O)c1ccc(COC/C(=C\C#N)c2ccccc2)cc1. The lowest BCUT2D eigenvalue weighted by atomic mass is 10.1. The molecule has 0 unspecified atom stereocenters. The van der Waals surface area contributed by atoms with Gasteiger partial charge in [-0.2, -0.15) is 5.26 Å². The second kappa shape index (κ2) is 9.29. The molecule has 0 N–H and O–H groups in total. The fraction of sp³-hybridized carbons (Fsp3) is 0.200. The zero-order valence-corrected chi connectivity index (χ0v) is 13.6. The minimum Gasteiger partial charge on any atom is -0.462 e. The van der Waals surface area contributed by atoms with Gasteiger partial charge in [-0.25, -0.2) is 4.79 Å². The highest BCUT2D eigenvalue weighted by molar-refractivity contribution is 5.89. The number of benzene rings is 2. The number of nitrogens with zero attached hydrogens (tertiary/aromatic N) is 1. The van der Waals surface area contributed by atoms with Crippen LogP contribution in [0.1, 0.15) is 28.4 Å². The lowest BCUT2D eigenvalue weighted by Gasteiger charge is -2.09. The third-order valence-electron chi connectivity index (χ3n) is 3.37. The van der Waals surface area contributed by atoms with Crippen molar-refractivity contribution in [2.75, 3.05) is 13.2 Å². The van der Waals surface area contributed by atoms with Crippen molar-refractivity contribution >= 4 is 11.5 Å². The smallest absolute Gasteiger partial charge is 0.338 e. The molecule has 0 bridgehead atoms. The molecule has 0 spiro atoms. The number of allylic oxidation sites excluding steroid dienone is 1. The number of nitriles is 1. The fourth-order valence-corrected chi connectivity index (χ4v) is 2.17.